The summed E-state index contributed by atoms with van der Waals surface area (Å²) in [5, 5.41) is 12.0. The normalized spacial score (nSPS) is 17.0. The fraction of sp³-hybridized carbons (Fsp3) is 0.211. The van der Waals surface area contributed by atoms with Gasteiger partial charge in [0.25, 0.3) is 5.91 Å². The van der Waals surface area contributed by atoms with Gasteiger partial charge in [-0.1, -0.05) is 24.3 Å². The number of aryl methyl sites for hydroxylation is 2. The first kappa shape index (κ1) is 16.7. The lowest BCUT2D eigenvalue weighted by molar-refractivity contribution is -0.121. The minimum atomic E-state index is -1.05. The second-order valence-corrected chi connectivity index (χ2v) is 6.09. The van der Waals surface area contributed by atoms with Crippen molar-refractivity contribution in [3.05, 3.63) is 59.2 Å². The van der Waals surface area contributed by atoms with Crippen LogP contribution < -0.4 is 10.2 Å². The highest BCUT2D eigenvalue weighted by Crippen LogP contribution is 2.30. The maximum Gasteiger partial charge on any atom is 0.335 e. The van der Waals surface area contributed by atoms with E-state index in [-0.39, 0.29) is 23.8 Å². The van der Waals surface area contributed by atoms with Crippen LogP contribution in [0.3, 0.4) is 0 Å². The highest BCUT2D eigenvalue weighted by atomic mass is 16.4. The molecule has 1 atom stereocenters. The van der Waals surface area contributed by atoms with E-state index in [9.17, 15) is 14.4 Å². The lowest BCUT2D eigenvalue weighted by Crippen LogP contribution is -2.35. The third-order valence-corrected chi connectivity index (χ3v) is 4.26. The predicted octanol–water partition coefficient (Wildman–Crippen LogP) is 2.75. The number of carboxylic acid groups (broad SMARTS) is 1. The molecule has 0 aromatic heterocycles. The van der Waals surface area contributed by atoms with Gasteiger partial charge in [0.1, 0.15) is 6.04 Å². The molecule has 0 unspecified atom stereocenters. The Balaban J connectivity index is 1.87. The summed E-state index contributed by atoms with van der Waals surface area (Å²) < 4.78 is 0. The maximum absolute atomic E-state index is 12.8. The Labute approximate surface area is 145 Å². The van der Waals surface area contributed by atoms with Gasteiger partial charge in [0.05, 0.1) is 17.7 Å². The van der Waals surface area contributed by atoms with Crippen LogP contribution in [0.15, 0.2) is 42.5 Å². The van der Waals surface area contributed by atoms with Crippen LogP contribution in [-0.4, -0.2) is 28.9 Å². The molecule has 6 nitrogen and oxygen atoms in total. The van der Waals surface area contributed by atoms with Crippen LogP contribution in [0.5, 0.6) is 0 Å². The molecule has 2 amide bonds. The first-order chi connectivity index (χ1) is 11.9. The molecule has 0 radical (unpaired) electrons. The molecule has 25 heavy (non-hydrogen) atoms. The van der Waals surface area contributed by atoms with Crippen molar-refractivity contribution in [3.8, 4) is 0 Å². The number of rotatable bonds is 4. The maximum atomic E-state index is 12.8. The molecule has 0 saturated carbocycles. The van der Waals surface area contributed by atoms with Crippen LogP contribution in [0.1, 0.15) is 27.9 Å². The van der Waals surface area contributed by atoms with Gasteiger partial charge in [0.15, 0.2) is 0 Å². The number of carbonyl (C=O) groups excluding carboxylic acids is 2. The Morgan fingerprint density at radius 1 is 1.12 bits per heavy atom. The Kier molecular flexibility index (Phi) is 4.27. The molecule has 2 aromatic carbocycles. The average Bonchev–Trinajstić information content (AvgIpc) is 2.82. The first-order valence-electron chi connectivity index (χ1n) is 7.91. The van der Waals surface area contributed by atoms with Crippen molar-refractivity contribution in [2.24, 2.45) is 0 Å². The smallest absolute Gasteiger partial charge is 0.335 e. The van der Waals surface area contributed by atoms with Gasteiger partial charge < -0.3 is 10.4 Å². The van der Waals surface area contributed by atoms with Crippen LogP contribution in [0.2, 0.25) is 0 Å². The highest BCUT2D eigenvalue weighted by Gasteiger charge is 2.40. The van der Waals surface area contributed by atoms with E-state index in [0.717, 1.165) is 11.1 Å². The van der Waals surface area contributed by atoms with Gasteiger partial charge in [-0.3, -0.25) is 9.59 Å². The molecule has 128 valence electrons. The number of amides is 2. The number of nitrogens with one attached hydrogen (secondary N) is 1. The van der Waals surface area contributed by atoms with Crippen molar-refractivity contribution < 1.29 is 19.5 Å². The van der Waals surface area contributed by atoms with Gasteiger partial charge in [0, 0.05) is 5.69 Å². The zero-order valence-corrected chi connectivity index (χ0v) is 13.9. The summed E-state index contributed by atoms with van der Waals surface area (Å²) in [7, 11) is 0. The number of hydrogen-bond donors (Lipinski definition) is 2. The fourth-order valence-corrected chi connectivity index (χ4v) is 3.08. The van der Waals surface area contributed by atoms with Crippen molar-refractivity contribution in [1.82, 2.24) is 0 Å². The predicted molar refractivity (Wildman–Crippen MR) is 93.8 cm³/mol. The molecule has 1 aliphatic heterocycles. The van der Waals surface area contributed by atoms with Crippen molar-refractivity contribution >= 4 is 29.2 Å². The largest absolute Gasteiger partial charge is 0.478 e. The van der Waals surface area contributed by atoms with E-state index in [4.69, 9.17) is 5.11 Å². The molecule has 2 aromatic rings. The molecule has 0 aliphatic carbocycles. The first-order valence-corrected chi connectivity index (χ1v) is 7.91. The second-order valence-electron chi connectivity index (χ2n) is 6.09. The molecule has 2 N–H and O–H groups in total. The number of benzene rings is 2. The van der Waals surface area contributed by atoms with E-state index in [1.54, 1.807) is 12.1 Å². The average molecular weight is 338 g/mol. The van der Waals surface area contributed by atoms with Crippen molar-refractivity contribution in [1.29, 1.82) is 0 Å². The number of carboxylic acids is 1. The molecular formula is C19H18N2O4. The van der Waals surface area contributed by atoms with Crippen LogP contribution in [0.25, 0.3) is 0 Å². The summed E-state index contributed by atoms with van der Waals surface area (Å²) in [6.45, 7) is 3.72. The summed E-state index contributed by atoms with van der Waals surface area (Å²) in [4.78, 5) is 37.5. The number of anilines is 2. The molecule has 1 heterocycles. The third kappa shape index (κ3) is 3.10. The van der Waals surface area contributed by atoms with E-state index in [1.165, 1.54) is 17.0 Å². The summed E-state index contributed by atoms with van der Waals surface area (Å²) in [6, 6.07) is 11.1. The molecule has 6 heteroatoms. The van der Waals surface area contributed by atoms with Crippen LogP contribution in [-0.2, 0) is 9.59 Å². The minimum absolute atomic E-state index is 0.0317. The van der Waals surface area contributed by atoms with Crippen molar-refractivity contribution in [2.45, 2.75) is 26.3 Å². The van der Waals surface area contributed by atoms with Gasteiger partial charge in [-0.25, -0.2) is 9.69 Å². The van der Waals surface area contributed by atoms with Gasteiger partial charge in [-0.05, 0) is 43.2 Å². The minimum Gasteiger partial charge on any atom is -0.478 e. The van der Waals surface area contributed by atoms with Crippen LogP contribution in [0.4, 0.5) is 11.4 Å². The van der Waals surface area contributed by atoms with E-state index in [2.05, 4.69) is 5.32 Å². The molecule has 0 bridgehead atoms. The van der Waals surface area contributed by atoms with Gasteiger partial charge in [-0.2, -0.15) is 0 Å². The number of hydrogen-bond acceptors (Lipinski definition) is 4. The zero-order chi connectivity index (χ0) is 18.1. The number of aromatic carboxylic acids is 1. The summed E-state index contributed by atoms with van der Waals surface area (Å²) in [5.41, 5.74) is 2.95. The summed E-state index contributed by atoms with van der Waals surface area (Å²) in [6.07, 6.45) is 0.0317. The Hall–Kier alpha value is -3.15. The summed E-state index contributed by atoms with van der Waals surface area (Å²) in [5.74, 6) is -1.65. The monoisotopic (exact) mass is 338 g/mol. The van der Waals surface area contributed by atoms with Crippen LogP contribution >= 0.6 is 0 Å². The Bertz CT molecular complexity index is 855. The topological polar surface area (TPSA) is 86.7 Å². The number of para-hydroxylation sites is 1. The van der Waals surface area contributed by atoms with E-state index in [1.807, 2.05) is 32.0 Å². The highest BCUT2D eigenvalue weighted by molar-refractivity contribution is 6.23. The third-order valence-electron chi connectivity index (χ3n) is 4.26. The van der Waals surface area contributed by atoms with E-state index in [0.29, 0.717) is 11.4 Å². The Morgan fingerprint density at radius 2 is 1.76 bits per heavy atom. The van der Waals surface area contributed by atoms with Crippen molar-refractivity contribution in [2.75, 3.05) is 10.2 Å². The quantitative estimate of drug-likeness (QED) is 0.837. The fourth-order valence-electron chi connectivity index (χ4n) is 3.08. The van der Waals surface area contributed by atoms with Crippen molar-refractivity contribution in [3.63, 3.8) is 0 Å². The van der Waals surface area contributed by atoms with E-state index >= 15 is 0 Å². The summed E-state index contributed by atoms with van der Waals surface area (Å²) >= 11 is 0. The second kappa shape index (κ2) is 6.39. The molecule has 1 saturated heterocycles. The van der Waals surface area contributed by atoms with E-state index < -0.39 is 12.0 Å². The molecule has 1 fully saturated rings. The Morgan fingerprint density at radius 3 is 2.40 bits per heavy atom. The lowest BCUT2D eigenvalue weighted by Gasteiger charge is -2.20. The van der Waals surface area contributed by atoms with Crippen LogP contribution in [0, 0.1) is 13.8 Å². The standard InChI is InChI=1S/C19H18N2O4/c1-11-5-3-6-12(2)17(11)21-16(22)10-15(18(21)23)20-14-8-4-7-13(9-14)19(24)25/h3-9,15,20H,10H2,1-2H3,(H,24,25)/t15-/m1/s1. The zero-order valence-electron chi connectivity index (χ0n) is 13.9. The molecule has 1 aliphatic rings. The molecular weight excluding hydrogens is 320 g/mol. The molecule has 3 rings (SSSR count). The lowest BCUT2D eigenvalue weighted by atomic mass is 10.1. The van der Waals surface area contributed by atoms with Gasteiger partial charge >= 0.3 is 5.97 Å². The van der Waals surface area contributed by atoms with Gasteiger partial charge in [0.2, 0.25) is 5.91 Å². The SMILES string of the molecule is Cc1cccc(C)c1N1C(=O)C[C@@H](Nc2cccc(C(=O)O)c2)C1=O. The van der Waals surface area contributed by atoms with Gasteiger partial charge in [-0.15, -0.1) is 0 Å². The number of nitrogens with zero attached hydrogens (tertiary/aromatic N) is 1. The number of carbonyl (C=O) groups is 3. The molecule has 0 spiro atoms. The number of imide groups is 1.